The van der Waals surface area contributed by atoms with E-state index in [0.29, 0.717) is 45.1 Å². The Bertz CT molecular complexity index is 1340. The van der Waals surface area contributed by atoms with Gasteiger partial charge >= 0.3 is 5.97 Å². The first-order valence-electron chi connectivity index (χ1n) is 11.3. The van der Waals surface area contributed by atoms with E-state index in [2.05, 4.69) is 20.5 Å². The van der Waals surface area contributed by atoms with Crippen molar-refractivity contribution in [1.82, 2.24) is 20.5 Å². The summed E-state index contributed by atoms with van der Waals surface area (Å²) in [5, 5.41) is 25.4. The predicted molar refractivity (Wildman–Crippen MR) is 144 cm³/mol. The van der Waals surface area contributed by atoms with E-state index >= 15 is 0 Å². The lowest BCUT2D eigenvalue weighted by molar-refractivity contribution is -0.104. The molecule has 0 amide bonds. The van der Waals surface area contributed by atoms with Gasteiger partial charge in [-0.1, -0.05) is 23.2 Å². The summed E-state index contributed by atoms with van der Waals surface area (Å²) in [6.07, 6.45) is 7.49. The van der Waals surface area contributed by atoms with E-state index in [1.165, 1.54) is 18.3 Å². The van der Waals surface area contributed by atoms with Crippen LogP contribution < -0.4 is 21.5 Å². The van der Waals surface area contributed by atoms with Crippen molar-refractivity contribution in [3.63, 3.8) is 0 Å². The topological polar surface area (TPSA) is 148 Å². The second kappa shape index (κ2) is 11.0. The number of aromatic nitrogens is 1. The number of nitrogens with two attached hydrogens (primary N) is 1. The monoisotopic (exact) mass is 541 g/mol. The number of carbonyl (C=O) groups is 2. The standard InChI is InChI=1S/C25H25Cl2N7O3/c1-33-21(23(27)16(7-9-35)17-11-15(26)2-3-20(17)34(29)13-28)4-5-22(33)24-31-12-19(32-24)14-6-8-30-18(10-14)25(36)37/h2-3,6-13,22,24,28,31-32H,4-5,29H2,1H3,(H,36,37)/b16-7-,23-21+,28-13?. The maximum atomic E-state index is 11.6. The van der Waals surface area contributed by atoms with E-state index in [0.717, 1.165) is 29.2 Å². The number of nitrogens with zero attached hydrogens (tertiary/aromatic N) is 3. The van der Waals surface area contributed by atoms with E-state index in [1.807, 2.05) is 13.2 Å². The highest BCUT2D eigenvalue weighted by molar-refractivity contribution is 6.38. The van der Waals surface area contributed by atoms with E-state index in [1.54, 1.807) is 24.3 Å². The number of benzene rings is 1. The number of likely N-dealkylation sites (N-methyl/N-ethyl adjacent to an activating group) is 1. The Morgan fingerprint density at radius 3 is 2.84 bits per heavy atom. The Kier molecular flexibility index (Phi) is 7.82. The number of hydrazine groups is 1. The number of allylic oxidation sites excluding steroid dienone is 4. The molecular weight excluding hydrogens is 517 g/mol. The van der Waals surface area contributed by atoms with Gasteiger partial charge in [-0.05, 0) is 49.2 Å². The highest BCUT2D eigenvalue weighted by Gasteiger charge is 2.36. The number of carbonyl (C=O) groups excluding carboxylic acids is 1. The Balaban J connectivity index is 1.59. The quantitative estimate of drug-likeness (QED) is 0.0846. The molecule has 2 atom stereocenters. The third kappa shape index (κ3) is 5.31. The summed E-state index contributed by atoms with van der Waals surface area (Å²) in [7, 11) is 1.93. The minimum Gasteiger partial charge on any atom is -0.477 e. The van der Waals surface area contributed by atoms with Crippen LogP contribution in [0.2, 0.25) is 5.02 Å². The van der Waals surface area contributed by atoms with Gasteiger partial charge in [0, 0.05) is 46.9 Å². The smallest absolute Gasteiger partial charge is 0.354 e. The molecule has 3 heterocycles. The molecule has 0 radical (unpaired) electrons. The lowest BCUT2D eigenvalue weighted by Gasteiger charge is -2.30. The first-order chi connectivity index (χ1) is 17.7. The third-order valence-electron chi connectivity index (χ3n) is 6.38. The number of aldehydes is 1. The second-order valence-electron chi connectivity index (χ2n) is 8.47. The SMILES string of the molecule is CN1/C(=C(Cl)\C(=C/C=O)c2cc(Cl)ccc2N(N)C=N)CCC1C1NC=C(c2ccnc(C(=O)O)c2)N1. The number of hydrogen-bond donors (Lipinski definition) is 5. The van der Waals surface area contributed by atoms with Gasteiger partial charge in [-0.2, -0.15) is 0 Å². The molecule has 1 fully saturated rings. The van der Waals surface area contributed by atoms with E-state index in [-0.39, 0.29) is 17.9 Å². The highest BCUT2D eigenvalue weighted by Crippen LogP contribution is 2.40. The number of anilines is 1. The molecule has 192 valence electrons. The number of likely N-dealkylation sites (tertiary alicyclic amines) is 1. The summed E-state index contributed by atoms with van der Waals surface area (Å²) in [6.45, 7) is 0. The molecule has 12 heteroatoms. The number of hydrogen-bond acceptors (Lipinski definition) is 8. The zero-order valence-electron chi connectivity index (χ0n) is 19.8. The highest BCUT2D eigenvalue weighted by atomic mass is 35.5. The molecular formula is C25H25Cl2N7O3. The first kappa shape index (κ1) is 26.2. The molecule has 0 bridgehead atoms. The molecule has 2 aromatic rings. The van der Waals surface area contributed by atoms with Crippen molar-refractivity contribution >= 4 is 58.8 Å². The molecule has 0 saturated carbocycles. The number of aromatic carboxylic acids is 1. The molecule has 1 saturated heterocycles. The molecule has 4 rings (SSSR count). The van der Waals surface area contributed by atoms with Crippen molar-refractivity contribution in [2.45, 2.75) is 25.0 Å². The maximum absolute atomic E-state index is 11.6. The van der Waals surface area contributed by atoms with Crippen LogP contribution in [0.5, 0.6) is 0 Å². The van der Waals surface area contributed by atoms with Gasteiger partial charge in [0.15, 0.2) is 0 Å². The molecule has 1 aromatic heterocycles. The molecule has 37 heavy (non-hydrogen) atoms. The van der Waals surface area contributed by atoms with Gasteiger partial charge in [-0.25, -0.2) is 15.6 Å². The summed E-state index contributed by atoms with van der Waals surface area (Å²) >= 11 is 13.2. The summed E-state index contributed by atoms with van der Waals surface area (Å²) in [6, 6.07) is 8.21. The Hall–Kier alpha value is -3.86. The van der Waals surface area contributed by atoms with Crippen LogP contribution in [0.15, 0.2) is 59.5 Å². The Morgan fingerprint density at radius 2 is 2.14 bits per heavy atom. The van der Waals surface area contributed by atoms with Gasteiger partial charge in [0.05, 0.1) is 22.5 Å². The Morgan fingerprint density at radius 1 is 1.35 bits per heavy atom. The van der Waals surface area contributed by atoms with Crippen molar-refractivity contribution < 1.29 is 14.7 Å². The van der Waals surface area contributed by atoms with Crippen LogP contribution >= 0.6 is 23.2 Å². The Labute approximate surface area is 223 Å². The molecule has 0 spiro atoms. The minimum absolute atomic E-state index is 0.00202. The summed E-state index contributed by atoms with van der Waals surface area (Å²) in [4.78, 5) is 28.8. The van der Waals surface area contributed by atoms with Crippen molar-refractivity contribution in [3.8, 4) is 0 Å². The summed E-state index contributed by atoms with van der Waals surface area (Å²) in [5.74, 6) is 4.86. The lowest BCUT2D eigenvalue weighted by Crippen LogP contribution is -2.48. The van der Waals surface area contributed by atoms with Gasteiger partial charge in [0.1, 0.15) is 24.5 Å². The van der Waals surface area contributed by atoms with Gasteiger partial charge in [0.2, 0.25) is 0 Å². The molecule has 6 N–H and O–H groups in total. The van der Waals surface area contributed by atoms with Gasteiger partial charge in [-0.3, -0.25) is 15.2 Å². The normalized spacial score (nSPS) is 20.6. The van der Waals surface area contributed by atoms with E-state index in [4.69, 9.17) is 34.5 Å². The maximum Gasteiger partial charge on any atom is 0.354 e. The minimum atomic E-state index is -1.09. The molecule has 2 unspecified atom stereocenters. The van der Waals surface area contributed by atoms with Gasteiger partial charge in [0.25, 0.3) is 0 Å². The molecule has 1 aromatic carbocycles. The van der Waals surface area contributed by atoms with Crippen LogP contribution in [0.25, 0.3) is 11.3 Å². The van der Waals surface area contributed by atoms with Crippen molar-refractivity contribution in [1.29, 1.82) is 5.41 Å². The zero-order chi connectivity index (χ0) is 26.7. The van der Waals surface area contributed by atoms with Crippen LogP contribution in [0.1, 0.15) is 34.5 Å². The molecule has 10 nitrogen and oxygen atoms in total. The molecule has 0 aliphatic carbocycles. The summed E-state index contributed by atoms with van der Waals surface area (Å²) < 4.78 is 0. The number of pyridine rings is 1. The van der Waals surface area contributed by atoms with Crippen LogP contribution in [0.3, 0.4) is 0 Å². The van der Waals surface area contributed by atoms with E-state index in [9.17, 15) is 14.7 Å². The van der Waals surface area contributed by atoms with Crippen molar-refractivity contribution in [2.75, 3.05) is 12.1 Å². The number of carboxylic acid groups (broad SMARTS) is 1. The van der Waals surface area contributed by atoms with Gasteiger partial charge < -0.3 is 20.6 Å². The first-order valence-corrected chi connectivity index (χ1v) is 12.0. The predicted octanol–water partition coefficient (Wildman–Crippen LogP) is 3.36. The largest absolute Gasteiger partial charge is 0.477 e. The van der Waals surface area contributed by atoms with Crippen molar-refractivity contribution in [3.05, 3.63) is 81.4 Å². The van der Waals surface area contributed by atoms with Crippen LogP contribution in [-0.4, -0.2) is 52.8 Å². The zero-order valence-corrected chi connectivity index (χ0v) is 21.3. The van der Waals surface area contributed by atoms with Crippen LogP contribution in [-0.2, 0) is 4.79 Å². The average molecular weight is 542 g/mol. The fourth-order valence-corrected chi connectivity index (χ4v) is 5.11. The van der Waals surface area contributed by atoms with Crippen LogP contribution in [0.4, 0.5) is 5.69 Å². The molecule has 2 aliphatic rings. The number of rotatable bonds is 8. The van der Waals surface area contributed by atoms with Crippen LogP contribution in [0, 0.1) is 5.41 Å². The molecule has 2 aliphatic heterocycles. The number of carboxylic acids is 1. The fourth-order valence-electron chi connectivity index (χ4n) is 4.55. The fraction of sp³-hybridized carbons (Fsp3) is 0.200. The van der Waals surface area contributed by atoms with E-state index < -0.39 is 5.97 Å². The number of nitrogens with one attached hydrogen (secondary N) is 3. The lowest BCUT2D eigenvalue weighted by atomic mass is 10.0. The third-order valence-corrected chi connectivity index (χ3v) is 7.04. The second-order valence-corrected chi connectivity index (χ2v) is 9.29. The number of halogens is 2. The van der Waals surface area contributed by atoms with Crippen molar-refractivity contribution in [2.24, 2.45) is 5.84 Å². The average Bonchev–Trinajstić information content (AvgIpc) is 3.53. The van der Waals surface area contributed by atoms with Gasteiger partial charge in [-0.15, -0.1) is 0 Å². The summed E-state index contributed by atoms with van der Waals surface area (Å²) in [5.41, 5.74) is 3.69.